The van der Waals surface area contributed by atoms with Crippen LogP contribution in [0, 0.1) is 0 Å². The Morgan fingerprint density at radius 3 is 1.76 bits per heavy atom. The Labute approximate surface area is 176 Å². The van der Waals surface area contributed by atoms with Crippen LogP contribution in [0.1, 0.15) is 97.3 Å². The molecule has 25 heavy (non-hydrogen) atoms. The second-order valence-electron chi connectivity index (χ2n) is 6.47. The minimum Gasteiger partial charge on any atom is -0.747 e. The van der Waals surface area contributed by atoms with Gasteiger partial charge in [0.05, 0.1) is 6.61 Å². The SMILES string of the molecule is CCCCCCCCOC(=O)C(CCCCCCCC)S(=O)(=O)[O-].[Na+]. The first kappa shape index (κ1) is 27.6. The summed E-state index contributed by atoms with van der Waals surface area (Å²) in [5.41, 5.74) is 0. The number of rotatable bonds is 16. The number of esters is 1. The van der Waals surface area contributed by atoms with Crippen molar-refractivity contribution >= 4 is 16.1 Å². The Balaban J connectivity index is 0. The van der Waals surface area contributed by atoms with E-state index in [1.54, 1.807) is 0 Å². The molecule has 0 fully saturated rings. The van der Waals surface area contributed by atoms with Crippen molar-refractivity contribution in [1.82, 2.24) is 0 Å². The molecule has 0 saturated heterocycles. The quantitative estimate of drug-likeness (QED) is 0.174. The van der Waals surface area contributed by atoms with Crippen molar-refractivity contribution in [2.45, 2.75) is 103 Å². The van der Waals surface area contributed by atoms with E-state index in [4.69, 9.17) is 4.74 Å². The molecular weight excluding hydrogens is 351 g/mol. The second-order valence-corrected chi connectivity index (χ2v) is 8.03. The van der Waals surface area contributed by atoms with Crippen molar-refractivity contribution in [1.29, 1.82) is 0 Å². The van der Waals surface area contributed by atoms with Gasteiger partial charge in [-0.15, -0.1) is 0 Å². The molecule has 0 bridgehead atoms. The predicted octanol–water partition coefficient (Wildman–Crippen LogP) is 1.56. The third-order valence-electron chi connectivity index (χ3n) is 4.17. The van der Waals surface area contributed by atoms with Crippen LogP contribution in [-0.2, 0) is 19.6 Å². The van der Waals surface area contributed by atoms with Crippen molar-refractivity contribution in [3.05, 3.63) is 0 Å². The molecule has 0 aliphatic carbocycles. The molecule has 0 aromatic heterocycles. The molecule has 0 aliphatic heterocycles. The zero-order valence-corrected chi connectivity index (χ0v) is 19.2. The fraction of sp³-hybridized carbons (Fsp3) is 0.944. The summed E-state index contributed by atoms with van der Waals surface area (Å²) in [6.45, 7) is 4.47. The van der Waals surface area contributed by atoms with Gasteiger partial charge >= 0.3 is 35.5 Å². The Morgan fingerprint density at radius 2 is 1.28 bits per heavy atom. The first-order chi connectivity index (χ1) is 11.4. The Hall–Kier alpha value is 0.380. The molecule has 0 rings (SSSR count). The molecule has 0 radical (unpaired) electrons. The number of hydrogen-bond acceptors (Lipinski definition) is 5. The van der Waals surface area contributed by atoms with Gasteiger partial charge in [0.2, 0.25) is 0 Å². The normalized spacial score (nSPS) is 12.4. The van der Waals surface area contributed by atoms with E-state index in [2.05, 4.69) is 13.8 Å². The van der Waals surface area contributed by atoms with Crippen molar-refractivity contribution < 1.29 is 52.1 Å². The Kier molecular flexibility index (Phi) is 19.6. The van der Waals surface area contributed by atoms with Crippen molar-refractivity contribution in [2.24, 2.45) is 0 Å². The zero-order chi connectivity index (χ0) is 18.3. The summed E-state index contributed by atoms with van der Waals surface area (Å²) < 4.78 is 38.9. The number of unbranched alkanes of at least 4 members (excludes halogenated alkanes) is 10. The Bertz CT molecular complexity index is 412. The van der Waals surface area contributed by atoms with Crippen LogP contribution >= 0.6 is 0 Å². The van der Waals surface area contributed by atoms with Gasteiger partial charge in [-0.05, 0) is 12.8 Å². The maximum absolute atomic E-state index is 11.9. The summed E-state index contributed by atoms with van der Waals surface area (Å²) in [5, 5.41) is -1.54. The van der Waals surface area contributed by atoms with Crippen LogP contribution in [0.3, 0.4) is 0 Å². The third kappa shape index (κ3) is 16.3. The standard InChI is InChI=1S/C18H36O5S.Na/c1-3-5-7-9-11-13-15-17(24(20,21)22)18(19)23-16-14-12-10-8-6-4-2;/h17H,3-16H2,1-2H3,(H,20,21,22);/q;+1/p-1. The minimum atomic E-state index is -4.64. The molecule has 0 aromatic carbocycles. The van der Waals surface area contributed by atoms with E-state index in [0.717, 1.165) is 51.4 Å². The van der Waals surface area contributed by atoms with Gasteiger partial charge in [0.1, 0.15) is 15.4 Å². The smallest absolute Gasteiger partial charge is 0.747 e. The molecule has 0 heterocycles. The molecule has 5 nitrogen and oxygen atoms in total. The van der Waals surface area contributed by atoms with Gasteiger partial charge in [-0.2, -0.15) is 0 Å². The maximum atomic E-state index is 11.9. The molecule has 0 spiro atoms. The van der Waals surface area contributed by atoms with Crippen molar-refractivity contribution in [3.8, 4) is 0 Å². The van der Waals surface area contributed by atoms with Crippen LogP contribution in [0.15, 0.2) is 0 Å². The Morgan fingerprint density at radius 1 is 0.840 bits per heavy atom. The van der Waals surface area contributed by atoms with Gasteiger partial charge in [-0.1, -0.05) is 84.5 Å². The van der Waals surface area contributed by atoms with E-state index in [0.29, 0.717) is 6.42 Å². The third-order valence-corrected chi connectivity index (χ3v) is 5.30. The van der Waals surface area contributed by atoms with Crippen LogP contribution in [0.5, 0.6) is 0 Å². The van der Waals surface area contributed by atoms with Gasteiger partial charge in [0, 0.05) is 0 Å². The van der Waals surface area contributed by atoms with Gasteiger partial charge in [-0.3, -0.25) is 4.79 Å². The van der Waals surface area contributed by atoms with Crippen LogP contribution in [-0.4, -0.2) is 30.8 Å². The van der Waals surface area contributed by atoms with Crippen LogP contribution < -0.4 is 29.6 Å². The zero-order valence-electron chi connectivity index (χ0n) is 16.4. The van der Waals surface area contributed by atoms with E-state index >= 15 is 0 Å². The fourth-order valence-electron chi connectivity index (χ4n) is 2.64. The van der Waals surface area contributed by atoms with Gasteiger partial charge in [0.25, 0.3) is 0 Å². The first-order valence-electron chi connectivity index (χ1n) is 9.54. The minimum absolute atomic E-state index is 0. The van der Waals surface area contributed by atoms with E-state index in [1.807, 2.05) is 0 Å². The van der Waals surface area contributed by atoms with Crippen LogP contribution in [0.25, 0.3) is 0 Å². The molecule has 0 aliphatic rings. The van der Waals surface area contributed by atoms with Crippen LogP contribution in [0.4, 0.5) is 0 Å². The summed E-state index contributed by atoms with van der Waals surface area (Å²) >= 11 is 0. The molecule has 7 heteroatoms. The maximum Gasteiger partial charge on any atom is 1.00 e. The van der Waals surface area contributed by atoms with Gasteiger partial charge in [0.15, 0.2) is 0 Å². The summed E-state index contributed by atoms with van der Waals surface area (Å²) in [6, 6.07) is 0. The number of carbonyl (C=O) groups is 1. The number of ether oxygens (including phenoxy) is 1. The van der Waals surface area contributed by atoms with Gasteiger partial charge < -0.3 is 9.29 Å². The van der Waals surface area contributed by atoms with Crippen molar-refractivity contribution in [3.63, 3.8) is 0 Å². The fourth-order valence-corrected chi connectivity index (χ4v) is 3.40. The number of carbonyl (C=O) groups excluding carboxylic acids is 1. The van der Waals surface area contributed by atoms with Gasteiger partial charge in [-0.25, -0.2) is 8.42 Å². The molecule has 0 aromatic rings. The van der Waals surface area contributed by atoms with Crippen molar-refractivity contribution in [2.75, 3.05) is 6.61 Å². The molecule has 1 atom stereocenters. The molecule has 0 N–H and O–H groups in total. The molecular formula is C18H35NaO5S. The first-order valence-corrected chi connectivity index (χ1v) is 11.0. The molecule has 0 amide bonds. The molecule has 1 unspecified atom stereocenters. The van der Waals surface area contributed by atoms with E-state index in [-0.39, 0.29) is 42.6 Å². The largest absolute Gasteiger partial charge is 1.00 e. The molecule has 0 saturated carbocycles. The predicted molar refractivity (Wildman–Crippen MR) is 95.8 cm³/mol. The number of hydrogen-bond donors (Lipinski definition) is 0. The van der Waals surface area contributed by atoms with Crippen LogP contribution in [0.2, 0.25) is 0 Å². The summed E-state index contributed by atoms with van der Waals surface area (Å²) in [5.74, 6) is -0.868. The summed E-state index contributed by atoms with van der Waals surface area (Å²) in [4.78, 5) is 11.9. The summed E-state index contributed by atoms with van der Waals surface area (Å²) in [6.07, 6.45) is 12.2. The second kappa shape index (κ2) is 17.8. The van der Waals surface area contributed by atoms with E-state index < -0.39 is 21.3 Å². The monoisotopic (exact) mass is 386 g/mol. The average Bonchev–Trinajstić information content (AvgIpc) is 2.52. The molecule has 144 valence electrons. The summed E-state index contributed by atoms with van der Waals surface area (Å²) in [7, 11) is -4.64. The van der Waals surface area contributed by atoms with E-state index in [1.165, 1.54) is 19.3 Å². The average molecular weight is 387 g/mol. The van der Waals surface area contributed by atoms with E-state index in [9.17, 15) is 17.8 Å². The topological polar surface area (TPSA) is 83.5 Å².